The normalized spacial score (nSPS) is 19.0. The second-order valence-corrected chi connectivity index (χ2v) is 5.72. The fourth-order valence-corrected chi connectivity index (χ4v) is 2.38. The van der Waals surface area contributed by atoms with E-state index in [-0.39, 0.29) is 12.5 Å². The second-order valence-electron chi connectivity index (χ2n) is 4.47. The number of carbonyl (C=O) groups excluding carboxylic acids is 1. The molecular weight excluding hydrogens is 343 g/mol. The Morgan fingerprint density at radius 3 is 2.78 bits per heavy atom. The third kappa shape index (κ3) is 3.58. The Morgan fingerprint density at radius 2 is 2.17 bits per heavy atom. The van der Waals surface area contributed by atoms with Crippen LogP contribution in [-0.4, -0.2) is 37.0 Å². The third-order valence-electron chi connectivity index (χ3n) is 3.15. The molecule has 2 N–H and O–H groups in total. The molecule has 18 heavy (non-hydrogen) atoms. The zero-order valence-corrected chi connectivity index (χ0v) is 12.3. The molecule has 1 amide bonds. The van der Waals surface area contributed by atoms with Crippen molar-refractivity contribution in [2.45, 2.75) is 6.42 Å². The Labute approximate surface area is 121 Å². The van der Waals surface area contributed by atoms with Gasteiger partial charge in [-0.05, 0) is 65.7 Å². The van der Waals surface area contributed by atoms with Gasteiger partial charge in [0.25, 0.3) is 5.91 Å². The van der Waals surface area contributed by atoms with Gasteiger partial charge in [-0.15, -0.1) is 0 Å². The molecular formula is C13H17IN2O2. The lowest BCUT2D eigenvalue weighted by atomic mass is 10.1. The highest BCUT2D eigenvalue weighted by Gasteiger charge is 2.25. The van der Waals surface area contributed by atoms with Gasteiger partial charge < -0.3 is 15.4 Å². The van der Waals surface area contributed by atoms with Crippen molar-refractivity contribution in [3.05, 3.63) is 27.8 Å². The van der Waals surface area contributed by atoms with Gasteiger partial charge in [-0.25, -0.2) is 0 Å². The minimum Gasteiger partial charge on any atom is -0.484 e. The molecule has 0 aromatic heterocycles. The van der Waals surface area contributed by atoms with Crippen LogP contribution in [0.15, 0.2) is 24.3 Å². The molecule has 1 aliphatic heterocycles. The van der Waals surface area contributed by atoms with Gasteiger partial charge in [-0.2, -0.15) is 0 Å². The Kier molecular flexibility index (Phi) is 4.82. The Morgan fingerprint density at radius 1 is 1.44 bits per heavy atom. The topological polar surface area (TPSA) is 55.6 Å². The summed E-state index contributed by atoms with van der Waals surface area (Å²) in [6.07, 6.45) is 1.01. The Hall–Kier alpha value is -0.820. The monoisotopic (exact) mass is 360 g/mol. The standard InChI is InChI=1S/C13H17IN2O2/c14-11-1-3-12(4-2-11)18-9-13(17)16-6-5-10(7-15)8-16/h1-4,10H,5-9,15H2. The summed E-state index contributed by atoms with van der Waals surface area (Å²) in [6, 6.07) is 7.67. The largest absolute Gasteiger partial charge is 0.484 e. The third-order valence-corrected chi connectivity index (χ3v) is 3.87. The molecule has 4 nitrogen and oxygen atoms in total. The van der Waals surface area contributed by atoms with Gasteiger partial charge >= 0.3 is 0 Å². The maximum atomic E-state index is 11.9. The molecule has 1 aliphatic rings. The van der Waals surface area contributed by atoms with Crippen molar-refractivity contribution < 1.29 is 9.53 Å². The molecule has 1 saturated heterocycles. The van der Waals surface area contributed by atoms with Crippen LogP contribution in [0.2, 0.25) is 0 Å². The molecule has 1 heterocycles. The maximum Gasteiger partial charge on any atom is 0.260 e. The van der Waals surface area contributed by atoms with Crippen LogP contribution < -0.4 is 10.5 Å². The summed E-state index contributed by atoms with van der Waals surface area (Å²) >= 11 is 2.23. The summed E-state index contributed by atoms with van der Waals surface area (Å²) in [7, 11) is 0. The van der Waals surface area contributed by atoms with Crippen molar-refractivity contribution in [3.63, 3.8) is 0 Å². The number of amides is 1. The second kappa shape index (κ2) is 6.38. The zero-order valence-electron chi connectivity index (χ0n) is 10.1. The number of hydrogen-bond acceptors (Lipinski definition) is 3. The van der Waals surface area contributed by atoms with Gasteiger partial charge in [0.1, 0.15) is 5.75 Å². The average Bonchev–Trinajstić information content (AvgIpc) is 2.86. The number of benzene rings is 1. The van der Waals surface area contributed by atoms with Gasteiger partial charge in [-0.3, -0.25) is 4.79 Å². The van der Waals surface area contributed by atoms with E-state index in [1.165, 1.54) is 0 Å². The van der Waals surface area contributed by atoms with E-state index in [2.05, 4.69) is 22.6 Å². The average molecular weight is 360 g/mol. The fourth-order valence-electron chi connectivity index (χ4n) is 2.02. The van der Waals surface area contributed by atoms with Gasteiger partial charge in [0.15, 0.2) is 6.61 Å². The number of likely N-dealkylation sites (tertiary alicyclic amines) is 1. The molecule has 1 aromatic rings. The lowest BCUT2D eigenvalue weighted by Gasteiger charge is -2.16. The summed E-state index contributed by atoms with van der Waals surface area (Å²) in [5.41, 5.74) is 5.61. The lowest BCUT2D eigenvalue weighted by molar-refractivity contribution is -0.132. The predicted molar refractivity (Wildman–Crippen MR) is 78.4 cm³/mol. The van der Waals surface area contributed by atoms with E-state index in [0.29, 0.717) is 12.5 Å². The van der Waals surface area contributed by atoms with Crippen molar-refractivity contribution in [2.24, 2.45) is 11.7 Å². The SMILES string of the molecule is NCC1CCN(C(=O)COc2ccc(I)cc2)C1. The quantitative estimate of drug-likeness (QED) is 0.828. The summed E-state index contributed by atoms with van der Waals surface area (Å²) < 4.78 is 6.63. The number of carbonyl (C=O) groups is 1. The van der Waals surface area contributed by atoms with Crippen LogP contribution in [0.5, 0.6) is 5.75 Å². The molecule has 0 saturated carbocycles. The van der Waals surface area contributed by atoms with Crippen LogP contribution >= 0.6 is 22.6 Å². The summed E-state index contributed by atoms with van der Waals surface area (Å²) in [6.45, 7) is 2.34. The van der Waals surface area contributed by atoms with Crippen molar-refractivity contribution >= 4 is 28.5 Å². The summed E-state index contributed by atoms with van der Waals surface area (Å²) in [5.74, 6) is 1.23. The molecule has 1 atom stereocenters. The van der Waals surface area contributed by atoms with Gasteiger partial charge in [0.2, 0.25) is 0 Å². The van der Waals surface area contributed by atoms with E-state index in [9.17, 15) is 4.79 Å². The van der Waals surface area contributed by atoms with Crippen LogP contribution in [0.3, 0.4) is 0 Å². The molecule has 1 unspecified atom stereocenters. The Balaban J connectivity index is 1.80. The van der Waals surface area contributed by atoms with E-state index >= 15 is 0 Å². The molecule has 0 spiro atoms. The maximum absolute atomic E-state index is 11.9. The smallest absolute Gasteiger partial charge is 0.260 e. The predicted octanol–water partition coefficient (Wildman–Crippen LogP) is 1.48. The van der Waals surface area contributed by atoms with E-state index in [1.54, 1.807) is 0 Å². The van der Waals surface area contributed by atoms with Gasteiger partial charge in [0, 0.05) is 16.7 Å². The van der Waals surface area contributed by atoms with E-state index in [1.807, 2.05) is 29.2 Å². The molecule has 1 aromatic carbocycles. The van der Waals surface area contributed by atoms with Crippen LogP contribution in [0.1, 0.15) is 6.42 Å². The number of ether oxygens (including phenoxy) is 1. The molecule has 0 aliphatic carbocycles. The number of hydrogen-bond donors (Lipinski definition) is 1. The van der Waals surface area contributed by atoms with Crippen molar-refractivity contribution in [3.8, 4) is 5.75 Å². The first-order valence-corrected chi connectivity index (χ1v) is 7.13. The van der Waals surface area contributed by atoms with E-state index < -0.39 is 0 Å². The van der Waals surface area contributed by atoms with Crippen molar-refractivity contribution in [1.29, 1.82) is 0 Å². The van der Waals surface area contributed by atoms with Crippen LogP contribution in [0.4, 0.5) is 0 Å². The number of nitrogens with zero attached hydrogens (tertiary/aromatic N) is 1. The highest BCUT2D eigenvalue weighted by atomic mass is 127. The van der Waals surface area contributed by atoms with Crippen molar-refractivity contribution in [1.82, 2.24) is 4.90 Å². The zero-order chi connectivity index (χ0) is 13.0. The van der Waals surface area contributed by atoms with E-state index in [0.717, 1.165) is 28.8 Å². The lowest BCUT2D eigenvalue weighted by Crippen LogP contribution is -2.33. The number of nitrogens with two attached hydrogens (primary N) is 1. The number of halogens is 1. The van der Waals surface area contributed by atoms with Crippen LogP contribution in [-0.2, 0) is 4.79 Å². The van der Waals surface area contributed by atoms with Gasteiger partial charge in [-0.1, -0.05) is 0 Å². The van der Waals surface area contributed by atoms with Crippen LogP contribution in [0, 0.1) is 9.49 Å². The van der Waals surface area contributed by atoms with Crippen molar-refractivity contribution in [2.75, 3.05) is 26.2 Å². The summed E-state index contributed by atoms with van der Waals surface area (Å²) in [4.78, 5) is 13.7. The first kappa shape index (κ1) is 13.6. The first-order valence-electron chi connectivity index (χ1n) is 6.05. The molecule has 2 rings (SSSR count). The molecule has 5 heteroatoms. The minimum atomic E-state index is 0.0458. The summed E-state index contributed by atoms with van der Waals surface area (Å²) in [5, 5.41) is 0. The molecule has 98 valence electrons. The Bertz CT molecular complexity index is 408. The highest BCUT2D eigenvalue weighted by molar-refractivity contribution is 14.1. The molecule has 0 radical (unpaired) electrons. The fraction of sp³-hybridized carbons (Fsp3) is 0.462. The van der Waals surface area contributed by atoms with Gasteiger partial charge in [0.05, 0.1) is 0 Å². The number of rotatable bonds is 4. The van der Waals surface area contributed by atoms with Crippen LogP contribution in [0.25, 0.3) is 0 Å². The molecule has 0 bridgehead atoms. The molecule has 1 fully saturated rings. The highest BCUT2D eigenvalue weighted by Crippen LogP contribution is 2.16. The first-order chi connectivity index (χ1) is 8.69. The van der Waals surface area contributed by atoms with E-state index in [4.69, 9.17) is 10.5 Å². The minimum absolute atomic E-state index is 0.0458.